The van der Waals surface area contributed by atoms with E-state index >= 15 is 0 Å². The van der Waals surface area contributed by atoms with Crippen molar-refractivity contribution in [2.24, 2.45) is 0 Å². The maximum absolute atomic E-state index is 6.37. The maximum atomic E-state index is 6.37. The van der Waals surface area contributed by atoms with Crippen molar-refractivity contribution >= 4 is 11.4 Å². The highest BCUT2D eigenvalue weighted by Gasteiger charge is 2.15. The van der Waals surface area contributed by atoms with Gasteiger partial charge < -0.3 is 20.1 Å². The summed E-state index contributed by atoms with van der Waals surface area (Å²) in [6.45, 7) is 7.99. The van der Waals surface area contributed by atoms with Crippen LogP contribution < -0.4 is 10.6 Å². The number of morpholine rings is 2. The summed E-state index contributed by atoms with van der Waals surface area (Å²) in [6.07, 6.45) is 0. The van der Waals surface area contributed by atoms with Crippen molar-refractivity contribution in [1.29, 1.82) is 0 Å². The lowest BCUT2D eigenvalue weighted by Crippen LogP contribution is -2.36. The van der Waals surface area contributed by atoms with Gasteiger partial charge in [0.1, 0.15) is 0 Å². The molecule has 0 aromatic heterocycles. The van der Waals surface area contributed by atoms with Crippen molar-refractivity contribution in [2.75, 3.05) is 63.2 Å². The van der Waals surface area contributed by atoms with Crippen molar-refractivity contribution in [3.63, 3.8) is 0 Å². The molecule has 0 aliphatic carbocycles. The third-order valence-corrected chi connectivity index (χ3v) is 5.15. The Labute approximate surface area is 155 Å². The van der Waals surface area contributed by atoms with E-state index in [1.165, 1.54) is 16.7 Å². The van der Waals surface area contributed by atoms with Crippen LogP contribution >= 0.6 is 0 Å². The molecule has 5 nitrogen and oxygen atoms in total. The second kappa shape index (κ2) is 8.08. The van der Waals surface area contributed by atoms with E-state index in [9.17, 15) is 0 Å². The standard InChI is InChI=1S/C21H27N3O2/c22-20-15-19(4-5-21(20)24-8-12-26-13-9-24)18-3-1-2-17(14-18)16-23-6-10-25-11-7-23/h1-5,14-15H,6-13,16,22H2. The number of ether oxygens (including phenoxy) is 2. The molecular weight excluding hydrogens is 326 g/mol. The second-order valence-corrected chi connectivity index (χ2v) is 6.96. The van der Waals surface area contributed by atoms with Gasteiger partial charge in [0.2, 0.25) is 0 Å². The highest BCUT2D eigenvalue weighted by Crippen LogP contribution is 2.30. The van der Waals surface area contributed by atoms with E-state index in [4.69, 9.17) is 15.2 Å². The molecule has 2 aliphatic heterocycles. The molecule has 26 heavy (non-hydrogen) atoms. The molecule has 2 fully saturated rings. The fourth-order valence-corrected chi connectivity index (χ4v) is 3.69. The Kier molecular flexibility index (Phi) is 5.39. The second-order valence-electron chi connectivity index (χ2n) is 6.96. The Morgan fingerprint density at radius 1 is 0.808 bits per heavy atom. The van der Waals surface area contributed by atoms with Crippen LogP contribution in [0.1, 0.15) is 5.56 Å². The molecule has 0 spiro atoms. The molecule has 2 aromatic rings. The lowest BCUT2D eigenvalue weighted by molar-refractivity contribution is 0.0342. The number of rotatable bonds is 4. The first kappa shape index (κ1) is 17.3. The van der Waals surface area contributed by atoms with E-state index in [-0.39, 0.29) is 0 Å². The summed E-state index contributed by atoms with van der Waals surface area (Å²) in [5, 5.41) is 0. The average Bonchev–Trinajstić information content (AvgIpc) is 2.69. The Balaban J connectivity index is 1.51. The molecule has 2 heterocycles. The van der Waals surface area contributed by atoms with Gasteiger partial charge in [0.15, 0.2) is 0 Å². The number of benzene rings is 2. The summed E-state index contributed by atoms with van der Waals surface area (Å²) in [6, 6.07) is 15.2. The molecule has 0 bridgehead atoms. The van der Waals surface area contributed by atoms with Gasteiger partial charge in [0.05, 0.1) is 37.8 Å². The van der Waals surface area contributed by atoms with Crippen LogP contribution in [0.25, 0.3) is 11.1 Å². The largest absolute Gasteiger partial charge is 0.397 e. The quantitative estimate of drug-likeness (QED) is 0.857. The zero-order valence-corrected chi connectivity index (χ0v) is 15.2. The SMILES string of the molecule is Nc1cc(-c2cccc(CN3CCOCC3)c2)ccc1N1CCOCC1. The monoisotopic (exact) mass is 353 g/mol. The number of hydrogen-bond acceptors (Lipinski definition) is 5. The summed E-state index contributed by atoms with van der Waals surface area (Å²) < 4.78 is 10.9. The smallest absolute Gasteiger partial charge is 0.0642 e. The molecular formula is C21H27N3O2. The molecule has 2 aromatic carbocycles. The summed E-state index contributed by atoms with van der Waals surface area (Å²) in [5.74, 6) is 0. The van der Waals surface area contributed by atoms with Crippen LogP contribution in [0.4, 0.5) is 11.4 Å². The van der Waals surface area contributed by atoms with Crippen LogP contribution in [-0.2, 0) is 16.0 Å². The van der Waals surface area contributed by atoms with Crippen molar-refractivity contribution in [3.05, 3.63) is 48.0 Å². The van der Waals surface area contributed by atoms with E-state index in [1.807, 2.05) is 0 Å². The van der Waals surface area contributed by atoms with Gasteiger partial charge in [-0.2, -0.15) is 0 Å². The molecule has 0 saturated carbocycles. The fraction of sp³-hybridized carbons (Fsp3) is 0.429. The molecule has 0 amide bonds. The first-order valence-corrected chi connectivity index (χ1v) is 9.41. The van der Waals surface area contributed by atoms with E-state index in [0.717, 1.165) is 70.5 Å². The van der Waals surface area contributed by atoms with Gasteiger partial charge >= 0.3 is 0 Å². The summed E-state index contributed by atoms with van der Waals surface area (Å²) >= 11 is 0. The van der Waals surface area contributed by atoms with Gasteiger partial charge in [-0.05, 0) is 34.9 Å². The minimum Gasteiger partial charge on any atom is -0.397 e. The normalized spacial score (nSPS) is 18.8. The number of nitrogens with two attached hydrogens (primary N) is 1. The maximum Gasteiger partial charge on any atom is 0.0642 e. The number of hydrogen-bond donors (Lipinski definition) is 1. The predicted molar refractivity (Wildman–Crippen MR) is 105 cm³/mol. The van der Waals surface area contributed by atoms with Gasteiger partial charge in [-0.1, -0.05) is 24.3 Å². The highest BCUT2D eigenvalue weighted by atomic mass is 16.5. The molecule has 5 heteroatoms. The minimum atomic E-state index is 0.769. The number of nitrogen functional groups attached to an aromatic ring is 1. The summed E-state index contributed by atoms with van der Waals surface area (Å²) in [5.41, 5.74) is 12.0. The molecule has 0 unspecified atom stereocenters. The highest BCUT2D eigenvalue weighted by molar-refractivity contribution is 5.77. The molecule has 2 saturated heterocycles. The van der Waals surface area contributed by atoms with Gasteiger partial charge in [0, 0.05) is 32.7 Å². The van der Waals surface area contributed by atoms with Gasteiger partial charge in [-0.25, -0.2) is 0 Å². The van der Waals surface area contributed by atoms with Crippen LogP contribution in [-0.4, -0.2) is 57.5 Å². The molecule has 0 radical (unpaired) electrons. The molecule has 0 atom stereocenters. The van der Waals surface area contributed by atoms with E-state index in [1.54, 1.807) is 0 Å². The molecule has 2 aliphatic rings. The summed E-state index contributed by atoms with van der Waals surface area (Å²) in [7, 11) is 0. The van der Waals surface area contributed by atoms with Crippen LogP contribution in [0.3, 0.4) is 0 Å². The van der Waals surface area contributed by atoms with E-state index in [0.29, 0.717) is 0 Å². The van der Waals surface area contributed by atoms with Gasteiger partial charge in [-0.15, -0.1) is 0 Å². The topological polar surface area (TPSA) is 51.0 Å². The van der Waals surface area contributed by atoms with Crippen molar-refractivity contribution in [3.8, 4) is 11.1 Å². The molecule has 138 valence electrons. The number of nitrogens with zero attached hydrogens (tertiary/aromatic N) is 2. The van der Waals surface area contributed by atoms with Crippen LogP contribution in [0.2, 0.25) is 0 Å². The fourth-order valence-electron chi connectivity index (χ4n) is 3.69. The number of anilines is 2. The van der Waals surface area contributed by atoms with Crippen LogP contribution in [0.5, 0.6) is 0 Å². The Morgan fingerprint density at radius 2 is 1.50 bits per heavy atom. The van der Waals surface area contributed by atoms with Crippen LogP contribution in [0.15, 0.2) is 42.5 Å². The van der Waals surface area contributed by atoms with Gasteiger partial charge in [0.25, 0.3) is 0 Å². The summed E-state index contributed by atoms with van der Waals surface area (Å²) in [4.78, 5) is 4.75. The first-order valence-electron chi connectivity index (χ1n) is 9.41. The first-order chi connectivity index (χ1) is 12.8. The van der Waals surface area contributed by atoms with Crippen LogP contribution in [0, 0.1) is 0 Å². The molecule has 4 rings (SSSR count). The minimum absolute atomic E-state index is 0.769. The third kappa shape index (κ3) is 4.01. The zero-order valence-electron chi connectivity index (χ0n) is 15.2. The molecule has 2 N–H and O–H groups in total. The van der Waals surface area contributed by atoms with Crippen molar-refractivity contribution in [2.45, 2.75) is 6.54 Å². The third-order valence-electron chi connectivity index (χ3n) is 5.15. The average molecular weight is 353 g/mol. The van der Waals surface area contributed by atoms with Gasteiger partial charge in [-0.3, -0.25) is 4.90 Å². The predicted octanol–water partition coefficient (Wildman–Crippen LogP) is 2.60. The van der Waals surface area contributed by atoms with E-state index in [2.05, 4.69) is 52.3 Å². The zero-order chi connectivity index (χ0) is 17.8. The van der Waals surface area contributed by atoms with Crippen molar-refractivity contribution in [1.82, 2.24) is 4.90 Å². The Hall–Kier alpha value is -2.08. The van der Waals surface area contributed by atoms with Crippen molar-refractivity contribution < 1.29 is 9.47 Å². The Bertz CT molecular complexity index is 738. The van der Waals surface area contributed by atoms with E-state index < -0.39 is 0 Å². The lowest BCUT2D eigenvalue weighted by Gasteiger charge is -2.30. The Morgan fingerprint density at radius 3 is 2.23 bits per heavy atom. The lowest BCUT2D eigenvalue weighted by atomic mass is 10.0.